The number of rotatable bonds is 4. The minimum absolute atomic E-state index is 0.0257. The highest BCUT2D eigenvalue weighted by molar-refractivity contribution is 8.03. The van der Waals surface area contributed by atoms with Gasteiger partial charge in [-0.25, -0.2) is 4.79 Å². The number of fused-ring (bicyclic) bond motifs is 1. The third-order valence-electron chi connectivity index (χ3n) is 4.92. The number of carbonyl (C=O) groups is 2. The third kappa shape index (κ3) is 3.76. The Bertz CT molecular complexity index is 993. The van der Waals surface area contributed by atoms with Crippen LogP contribution in [0.15, 0.2) is 52.4 Å². The van der Waals surface area contributed by atoms with Gasteiger partial charge in [0, 0.05) is 22.9 Å². The van der Waals surface area contributed by atoms with E-state index >= 15 is 0 Å². The maximum atomic E-state index is 12.9. The van der Waals surface area contributed by atoms with Gasteiger partial charge in [-0.1, -0.05) is 17.8 Å². The second-order valence-corrected chi connectivity index (χ2v) is 8.56. The van der Waals surface area contributed by atoms with Gasteiger partial charge in [-0.15, -0.1) is 11.3 Å². The monoisotopic (exact) mass is 425 g/mol. The van der Waals surface area contributed by atoms with Crippen molar-refractivity contribution in [3.63, 3.8) is 0 Å². The Morgan fingerprint density at radius 3 is 2.76 bits per heavy atom. The Balaban J connectivity index is 1.56. The molecule has 0 bridgehead atoms. The number of allylic oxidation sites excluding steroid dienone is 1. The molecule has 6 nitrogen and oxygen atoms in total. The lowest BCUT2D eigenvalue weighted by atomic mass is 9.92. The van der Waals surface area contributed by atoms with E-state index in [9.17, 15) is 14.9 Å². The molecule has 0 aliphatic carbocycles. The normalized spacial score (nSPS) is 19.0. The summed E-state index contributed by atoms with van der Waals surface area (Å²) in [7, 11) is 0. The van der Waals surface area contributed by atoms with Gasteiger partial charge in [-0.2, -0.15) is 5.26 Å². The van der Waals surface area contributed by atoms with Crippen LogP contribution in [0.4, 0.5) is 5.69 Å². The minimum atomic E-state index is -0.346. The molecule has 0 spiro atoms. The average molecular weight is 426 g/mol. The third-order valence-corrected chi connectivity index (χ3v) is 7.06. The van der Waals surface area contributed by atoms with E-state index in [1.165, 1.54) is 11.8 Å². The van der Waals surface area contributed by atoms with Gasteiger partial charge in [-0.3, -0.25) is 9.69 Å². The van der Waals surface area contributed by atoms with Crippen LogP contribution < -0.4 is 4.90 Å². The van der Waals surface area contributed by atoms with Crippen molar-refractivity contribution in [2.24, 2.45) is 0 Å². The smallest absolute Gasteiger partial charge is 0.338 e. The molecule has 0 N–H and O–H groups in total. The van der Waals surface area contributed by atoms with Gasteiger partial charge in [0.25, 0.3) is 0 Å². The fourth-order valence-electron chi connectivity index (χ4n) is 3.48. The van der Waals surface area contributed by atoms with Gasteiger partial charge in [0.1, 0.15) is 0 Å². The molecule has 1 aromatic heterocycles. The SMILES string of the molecule is CCOC(=O)c1ccc(N2CSC3=C(C#N)[C@H](c4cccs4)CC(=O)N3C2)cc1. The highest BCUT2D eigenvalue weighted by Gasteiger charge is 2.38. The van der Waals surface area contributed by atoms with Crippen molar-refractivity contribution >= 4 is 40.7 Å². The van der Waals surface area contributed by atoms with Crippen LogP contribution in [-0.2, 0) is 9.53 Å². The molecule has 3 heterocycles. The van der Waals surface area contributed by atoms with Gasteiger partial charge in [0.15, 0.2) is 0 Å². The first-order valence-corrected chi connectivity index (χ1v) is 11.1. The van der Waals surface area contributed by atoms with Crippen molar-refractivity contribution in [1.82, 2.24) is 4.90 Å². The molecule has 1 fully saturated rings. The molecule has 4 rings (SSSR count). The summed E-state index contributed by atoms with van der Waals surface area (Å²) in [5, 5.41) is 12.5. The molecule has 2 aromatic rings. The number of hydrogen-bond donors (Lipinski definition) is 0. The second-order valence-electron chi connectivity index (χ2n) is 6.65. The van der Waals surface area contributed by atoms with Crippen LogP contribution in [0.3, 0.4) is 0 Å². The molecule has 2 aliphatic rings. The summed E-state index contributed by atoms with van der Waals surface area (Å²) in [5.74, 6) is 0.154. The summed E-state index contributed by atoms with van der Waals surface area (Å²) in [6.07, 6.45) is 0.309. The first-order chi connectivity index (χ1) is 14.1. The van der Waals surface area contributed by atoms with Crippen molar-refractivity contribution in [3.05, 3.63) is 62.8 Å². The zero-order valence-corrected chi connectivity index (χ0v) is 17.5. The Morgan fingerprint density at radius 1 is 1.31 bits per heavy atom. The topological polar surface area (TPSA) is 73.6 Å². The van der Waals surface area contributed by atoms with Crippen molar-refractivity contribution in [2.45, 2.75) is 19.3 Å². The van der Waals surface area contributed by atoms with Crippen LogP contribution in [-0.4, -0.2) is 35.9 Å². The zero-order chi connectivity index (χ0) is 20.4. The van der Waals surface area contributed by atoms with E-state index in [4.69, 9.17) is 4.74 Å². The molecule has 1 saturated heterocycles. The van der Waals surface area contributed by atoms with Crippen molar-refractivity contribution in [3.8, 4) is 6.07 Å². The molecule has 29 heavy (non-hydrogen) atoms. The number of hydrogen-bond acceptors (Lipinski definition) is 7. The quantitative estimate of drug-likeness (QED) is 0.686. The van der Waals surface area contributed by atoms with Crippen LogP contribution in [0.1, 0.15) is 34.5 Å². The summed E-state index contributed by atoms with van der Waals surface area (Å²) in [6, 6.07) is 13.5. The number of benzene rings is 1. The van der Waals surface area contributed by atoms with Gasteiger partial charge in [0.2, 0.25) is 5.91 Å². The molecule has 1 amide bonds. The Morgan fingerprint density at radius 2 is 2.10 bits per heavy atom. The minimum Gasteiger partial charge on any atom is -0.462 e. The van der Waals surface area contributed by atoms with Crippen LogP contribution in [0.2, 0.25) is 0 Å². The number of amides is 1. The molecule has 0 saturated carbocycles. The lowest BCUT2D eigenvalue weighted by Gasteiger charge is -2.41. The van der Waals surface area contributed by atoms with Crippen molar-refractivity contribution in [1.29, 1.82) is 5.26 Å². The fourth-order valence-corrected chi connectivity index (χ4v) is 5.49. The first kappa shape index (κ1) is 19.6. The molecule has 148 valence electrons. The number of thioether (sulfide) groups is 1. The zero-order valence-electron chi connectivity index (χ0n) is 15.8. The first-order valence-electron chi connectivity index (χ1n) is 9.25. The maximum absolute atomic E-state index is 12.9. The van der Waals surface area contributed by atoms with E-state index in [2.05, 4.69) is 11.0 Å². The number of esters is 1. The van der Waals surface area contributed by atoms with E-state index in [1.54, 1.807) is 35.3 Å². The van der Waals surface area contributed by atoms with E-state index < -0.39 is 0 Å². The van der Waals surface area contributed by atoms with Gasteiger partial charge >= 0.3 is 5.97 Å². The molecule has 0 unspecified atom stereocenters. The van der Waals surface area contributed by atoms with E-state index in [0.29, 0.717) is 36.7 Å². The molecular weight excluding hydrogens is 406 g/mol. The largest absolute Gasteiger partial charge is 0.462 e. The summed E-state index contributed by atoms with van der Waals surface area (Å²) in [4.78, 5) is 29.5. The number of ether oxygens (including phenoxy) is 1. The summed E-state index contributed by atoms with van der Waals surface area (Å²) >= 11 is 3.09. The van der Waals surface area contributed by atoms with E-state index in [0.717, 1.165) is 15.6 Å². The predicted molar refractivity (Wildman–Crippen MR) is 113 cm³/mol. The molecule has 0 radical (unpaired) electrons. The molecule has 1 aromatic carbocycles. The van der Waals surface area contributed by atoms with Crippen molar-refractivity contribution in [2.75, 3.05) is 24.1 Å². The number of carbonyl (C=O) groups excluding carboxylic acids is 2. The molecular formula is C21H19N3O3S2. The molecule has 1 atom stereocenters. The van der Waals surface area contributed by atoms with Crippen LogP contribution in [0.25, 0.3) is 0 Å². The maximum Gasteiger partial charge on any atom is 0.338 e. The van der Waals surface area contributed by atoms with Crippen molar-refractivity contribution < 1.29 is 14.3 Å². The average Bonchev–Trinajstić information content (AvgIpc) is 3.28. The van der Waals surface area contributed by atoms with E-state index in [-0.39, 0.29) is 17.8 Å². The number of anilines is 1. The number of nitriles is 1. The van der Waals surface area contributed by atoms with Gasteiger partial charge in [-0.05, 0) is 42.6 Å². The van der Waals surface area contributed by atoms with Crippen LogP contribution >= 0.6 is 23.1 Å². The number of thiophene rings is 1. The van der Waals surface area contributed by atoms with Crippen LogP contribution in [0, 0.1) is 11.3 Å². The fraction of sp³-hybridized carbons (Fsp3) is 0.286. The predicted octanol–water partition coefficient (Wildman–Crippen LogP) is 4.14. The van der Waals surface area contributed by atoms with Crippen LogP contribution in [0.5, 0.6) is 0 Å². The second kappa shape index (κ2) is 8.31. The Kier molecular flexibility index (Phi) is 5.60. The molecule has 8 heteroatoms. The summed E-state index contributed by atoms with van der Waals surface area (Å²) in [5.41, 5.74) is 2.09. The Hall–Kier alpha value is -2.76. The molecule has 2 aliphatic heterocycles. The van der Waals surface area contributed by atoms with E-state index in [1.807, 2.05) is 29.6 Å². The lowest BCUT2D eigenvalue weighted by molar-refractivity contribution is -0.129. The number of nitrogens with zero attached hydrogens (tertiary/aromatic N) is 3. The Labute approximate surface area is 177 Å². The standard InChI is InChI=1S/C21H19N3O3S2/c1-2-27-21(26)14-5-7-15(8-6-14)23-12-24-19(25)10-16(18-4-3-9-28-18)17(11-22)20(24)29-13-23/h3-9,16H,2,10,12-13H2,1H3/t16-/m1/s1. The van der Waals surface area contributed by atoms with Gasteiger partial charge < -0.3 is 9.64 Å². The lowest BCUT2D eigenvalue weighted by Crippen LogP contribution is -2.47. The summed E-state index contributed by atoms with van der Waals surface area (Å²) < 4.78 is 5.02. The van der Waals surface area contributed by atoms with Gasteiger partial charge in [0.05, 0.1) is 41.4 Å². The highest BCUT2D eigenvalue weighted by atomic mass is 32.2. The highest BCUT2D eigenvalue weighted by Crippen LogP contribution is 2.44. The summed E-state index contributed by atoms with van der Waals surface area (Å²) in [6.45, 7) is 2.50.